The van der Waals surface area contributed by atoms with Crippen LogP contribution in [0.2, 0.25) is 0 Å². The number of likely N-dealkylation sites (N-methyl/N-ethyl adjacent to an activating group) is 1. The van der Waals surface area contributed by atoms with E-state index in [-0.39, 0.29) is 0 Å². The first-order valence-corrected chi connectivity index (χ1v) is 7.26. The van der Waals surface area contributed by atoms with Gasteiger partial charge in [0.25, 0.3) is 0 Å². The zero-order valence-electron chi connectivity index (χ0n) is 11.8. The van der Waals surface area contributed by atoms with Crippen molar-refractivity contribution in [3.05, 3.63) is 0 Å². The molecule has 1 aliphatic heterocycles. The van der Waals surface area contributed by atoms with Gasteiger partial charge in [-0.2, -0.15) is 0 Å². The van der Waals surface area contributed by atoms with Crippen molar-refractivity contribution in [3.63, 3.8) is 0 Å². The molecule has 1 saturated heterocycles. The number of hydrogen-bond acceptors (Lipinski definition) is 3. The highest BCUT2D eigenvalue weighted by Gasteiger charge is 2.23. The SMILES string of the molecule is CCCC(N)C(CC)N(C)CC1CCCCO1. The maximum atomic E-state index is 6.26. The van der Waals surface area contributed by atoms with Crippen LogP contribution in [0.15, 0.2) is 0 Å². The Kier molecular flexibility index (Phi) is 7.09. The van der Waals surface area contributed by atoms with E-state index in [2.05, 4.69) is 25.8 Å². The first-order chi connectivity index (χ1) is 8.19. The molecule has 1 heterocycles. The van der Waals surface area contributed by atoms with Crippen LogP contribution in [-0.2, 0) is 4.74 Å². The van der Waals surface area contributed by atoms with Gasteiger partial charge < -0.3 is 10.5 Å². The highest BCUT2D eigenvalue weighted by atomic mass is 16.5. The molecule has 0 aliphatic carbocycles. The number of rotatable bonds is 7. The van der Waals surface area contributed by atoms with Gasteiger partial charge in [0.15, 0.2) is 0 Å². The Morgan fingerprint density at radius 1 is 1.35 bits per heavy atom. The largest absolute Gasteiger partial charge is 0.377 e. The molecule has 102 valence electrons. The predicted molar refractivity (Wildman–Crippen MR) is 73.2 cm³/mol. The van der Waals surface area contributed by atoms with Crippen molar-refractivity contribution in [2.24, 2.45) is 5.73 Å². The second kappa shape index (κ2) is 8.06. The van der Waals surface area contributed by atoms with Crippen LogP contribution in [0.5, 0.6) is 0 Å². The van der Waals surface area contributed by atoms with Gasteiger partial charge in [-0.25, -0.2) is 0 Å². The van der Waals surface area contributed by atoms with Crippen LogP contribution in [0, 0.1) is 0 Å². The van der Waals surface area contributed by atoms with Gasteiger partial charge in [-0.3, -0.25) is 4.90 Å². The number of nitrogens with two attached hydrogens (primary N) is 1. The van der Waals surface area contributed by atoms with Crippen molar-refractivity contribution >= 4 is 0 Å². The summed E-state index contributed by atoms with van der Waals surface area (Å²) in [6, 6.07) is 0.805. The van der Waals surface area contributed by atoms with Crippen LogP contribution in [0.4, 0.5) is 0 Å². The van der Waals surface area contributed by atoms with E-state index in [0.29, 0.717) is 18.2 Å². The third kappa shape index (κ3) is 4.94. The molecule has 3 heteroatoms. The maximum absolute atomic E-state index is 6.26. The number of nitrogens with zero attached hydrogens (tertiary/aromatic N) is 1. The second-order valence-corrected chi connectivity index (χ2v) is 5.36. The van der Waals surface area contributed by atoms with E-state index in [1.165, 1.54) is 25.7 Å². The fraction of sp³-hybridized carbons (Fsp3) is 1.00. The Balaban J connectivity index is 2.38. The van der Waals surface area contributed by atoms with E-state index >= 15 is 0 Å². The summed E-state index contributed by atoms with van der Waals surface area (Å²) in [6.07, 6.45) is 7.61. The van der Waals surface area contributed by atoms with E-state index in [1.54, 1.807) is 0 Å². The molecule has 1 aliphatic rings. The molecule has 0 aromatic rings. The van der Waals surface area contributed by atoms with E-state index in [1.807, 2.05) is 0 Å². The fourth-order valence-electron chi connectivity index (χ4n) is 2.88. The van der Waals surface area contributed by atoms with E-state index < -0.39 is 0 Å². The minimum Gasteiger partial charge on any atom is -0.377 e. The van der Waals surface area contributed by atoms with Crippen molar-refractivity contribution in [1.82, 2.24) is 4.90 Å². The zero-order valence-corrected chi connectivity index (χ0v) is 11.8. The molecular formula is C14H30N2O. The lowest BCUT2D eigenvalue weighted by Gasteiger charge is -2.35. The van der Waals surface area contributed by atoms with Crippen molar-refractivity contribution in [3.8, 4) is 0 Å². The molecule has 17 heavy (non-hydrogen) atoms. The van der Waals surface area contributed by atoms with Crippen molar-refractivity contribution < 1.29 is 4.74 Å². The highest BCUT2D eigenvalue weighted by Crippen LogP contribution is 2.16. The molecule has 0 bridgehead atoms. The standard InChI is InChI=1S/C14H30N2O/c1-4-8-13(15)14(5-2)16(3)11-12-9-6-7-10-17-12/h12-14H,4-11,15H2,1-3H3. The Labute approximate surface area is 107 Å². The Morgan fingerprint density at radius 3 is 2.65 bits per heavy atom. The average molecular weight is 242 g/mol. The molecule has 2 N–H and O–H groups in total. The van der Waals surface area contributed by atoms with E-state index in [9.17, 15) is 0 Å². The molecule has 1 fully saturated rings. The van der Waals surface area contributed by atoms with Crippen LogP contribution in [-0.4, -0.2) is 43.3 Å². The van der Waals surface area contributed by atoms with Crippen LogP contribution in [0.1, 0.15) is 52.4 Å². The summed E-state index contributed by atoms with van der Waals surface area (Å²) in [5, 5.41) is 0. The van der Waals surface area contributed by atoms with Gasteiger partial charge in [0.05, 0.1) is 6.10 Å². The summed E-state index contributed by atoms with van der Waals surface area (Å²) < 4.78 is 5.80. The molecule has 0 spiro atoms. The van der Waals surface area contributed by atoms with Gasteiger partial charge in [0.1, 0.15) is 0 Å². The van der Waals surface area contributed by atoms with Crippen LogP contribution < -0.4 is 5.73 Å². The summed E-state index contributed by atoms with van der Waals surface area (Å²) in [4.78, 5) is 2.41. The summed E-state index contributed by atoms with van der Waals surface area (Å²) in [5.41, 5.74) is 6.26. The predicted octanol–water partition coefficient (Wildman–Crippen LogP) is 2.39. The normalized spacial score (nSPS) is 24.9. The quantitative estimate of drug-likeness (QED) is 0.745. The summed E-state index contributed by atoms with van der Waals surface area (Å²) in [7, 11) is 2.20. The Hall–Kier alpha value is -0.120. The lowest BCUT2D eigenvalue weighted by Crippen LogP contribution is -2.48. The first kappa shape index (κ1) is 14.9. The van der Waals surface area contributed by atoms with Gasteiger partial charge in [0, 0.05) is 25.2 Å². The van der Waals surface area contributed by atoms with Gasteiger partial charge in [-0.1, -0.05) is 20.3 Å². The summed E-state index contributed by atoms with van der Waals surface area (Å²) >= 11 is 0. The first-order valence-electron chi connectivity index (χ1n) is 7.26. The van der Waals surface area contributed by atoms with Crippen molar-refractivity contribution in [2.45, 2.75) is 70.6 Å². The van der Waals surface area contributed by atoms with Crippen LogP contribution in [0.3, 0.4) is 0 Å². The third-order valence-electron chi connectivity index (χ3n) is 3.87. The van der Waals surface area contributed by atoms with Gasteiger partial charge >= 0.3 is 0 Å². The summed E-state index contributed by atoms with van der Waals surface area (Å²) in [5.74, 6) is 0. The fourth-order valence-corrected chi connectivity index (χ4v) is 2.88. The molecule has 3 unspecified atom stereocenters. The molecule has 1 rings (SSSR count). The zero-order chi connectivity index (χ0) is 12.7. The second-order valence-electron chi connectivity index (χ2n) is 5.36. The molecule has 0 amide bonds. The molecule has 0 radical (unpaired) electrons. The van der Waals surface area contributed by atoms with Crippen molar-refractivity contribution in [1.29, 1.82) is 0 Å². The monoisotopic (exact) mass is 242 g/mol. The van der Waals surface area contributed by atoms with Crippen LogP contribution in [0.25, 0.3) is 0 Å². The lowest BCUT2D eigenvalue weighted by atomic mass is 9.99. The number of ether oxygens (including phenoxy) is 1. The van der Waals surface area contributed by atoms with Gasteiger partial charge in [-0.15, -0.1) is 0 Å². The average Bonchev–Trinajstić information content (AvgIpc) is 2.31. The topological polar surface area (TPSA) is 38.5 Å². The Bertz CT molecular complexity index is 193. The molecule has 3 atom stereocenters. The molecule has 3 nitrogen and oxygen atoms in total. The minimum absolute atomic E-state index is 0.304. The molecule has 0 aromatic heterocycles. The molecule has 0 saturated carbocycles. The maximum Gasteiger partial charge on any atom is 0.0702 e. The minimum atomic E-state index is 0.304. The lowest BCUT2D eigenvalue weighted by molar-refractivity contribution is -0.0105. The van der Waals surface area contributed by atoms with E-state index in [0.717, 1.165) is 26.0 Å². The van der Waals surface area contributed by atoms with E-state index in [4.69, 9.17) is 10.5 Å². The molecular weight excluding hydrogens is 212 g/mol. The van der Waals surface area contributed by atoms with Gasteiger partial charge in [-0.05, 0) is 39.2 Å². The smallest absolute Gasteiger partial charge is 0.0702 e. The Morgan fingerprint density at radius 2 is 2.12 bits per heavy atom. The number of hydrogen-bond donors (Lipinski definition) is 1. The molecule has 0 aromatic carbocycles. The van der Waals surface area contributed by atoms with Gasteiger partial charge in [0.2, 0.25) is 0 Å². The van der Waals surface area contributed by atoms with Crippen LogP contribution >= 0.6 is 0 Å². The van der Waals surface area contributed by atoms with Crippen molar-refractivity contribution in [2.75, 3.05) is 20.2 Å². The summed E-state index contributed by atoms with van der Waals surface area (Å²) in [6.45, 7) is 6.42. The third-order valence-corrected chi connectivity index (χ3v) is 3.87. The highest BCUT2D eigenvalue weighted by molar-refractivity contribution is 4.81.